The molecule has 23 heavy (non-hydrogen) atoms. The van der Waals surface area contributed by atoms with Crippen molar-refractivity contribution in [2.45, 2.75) is 26.5 Å². The molecule has 4 heterocycles. The molecule has 122 valence electrons. The zero-order valence-electron chi connectivity index (χ0n) is 13.7. The van der Waals surface area contributed by atoms with Crippen LogP contribution < -0.4 is 0 Å². The van der Waals surface area contributed by atoms with Crippen molar-refractivity contribution in [1.82, 2.24) is 23.8 Å². The fraction of sp³-hybridized carbons (Fsp3) is 0.500. The van der Waals surface area contributed by atoms with Gasteiger partial charge >= 0.3 is 0 Å². The third kappa shape index (κ3) is 2.69. The molecule has 0 aliphatic carbocycles. The monoisotopic (exact) mass is 331 g/mol. The topological polar surface area (TPSA) is 47.6 Å². The van der Waals surface area contributed by atoms with E-state index in [1.807, 2.05) is 20.2 Å². The first-order chi connectivity index (χ1) is 11.1. The lowest BCUT2D eigenvalue weighted by Crippen LogP contribution is -2.39. The van der Waals surface area contributed by atoms with Crippen LogP contribution in [-0.4, -0.2) is 43.5 Å². The molecule has 0 N–H and O–H groups in total. The predicted octanol–water partition coefficient (Wildman–Crippen LogP) is 2.32. The number of nitrogens with zero attached hydrogens (tertiary/aromatic N) is 5. The van der Waals surface area contributed by atoms with E-state index < -0.39 is 0 Å². The normalized spacial score (nSPS) is 19.7. The smallest absolute Gasteiger partial charge is 0.194 e. The Labute approximate surface area is 139 Å². The molecule has 0 aromatic carbocycles. The van der Waals surface area contributed by atoms with Gasteiger partial charge in [-0.1, -0.05) is 0 Å². The first kappa shape index (κ1) is 14.9. The molecule has 1 atom stereocenters. The molecule has 1 aliphatic rings. The average Bonchev–Trinajstić information content (AvgIpc) is 3.17. The Hall–Kier alpha value is -1.70. The highest BCUT2D eigenvalue weighted by molar-refractivity contribution is 7.15. The molecule has 0 spiro atoms. The molecule has 4 rings (SSSR count). The van der Waals surface area contributed by atoms with Crippen LogP contribution in [0.2, 0.25) is 0 Å². The second-order valence-corrected chi connectivity index (χ2v) is 7.02. The molecule has 3 aromatic rings. The Bertz CT molecular complexity index is 833. The van der Waals surface area contributed by atoms with Crippen LogP contribution in [0, 0.1) is 13.8 Å². The number of rotatable bonds is 3. The summed E-state index contributed by atoms with van der Waals surface area (Å²) in [6, 6.07) is 0. The second kappa shape index (κ2) is 5.74. The summed E-state index contributed by atoms with van der Waals surface area (Å²) in [6.07, 6.45) is 4.19. The van der Waals surface area contributed by atoms with Crippen LogP contribution in [0.15, 0.2) is 17.8 Å². The summed E-state index contributed by atoms with van der Waals surface area (Å²) in [4.78, 5) is 12.8. The van der Waals surface area contributed by atoms with Gasteiger partial charge in [-0.3, -0.25) is 9.30 Å². The van der Waals surface area contributed by atoms with Crippen molar-refractivity contribution in [3.63, 3.8) is 0 Å². The molecule has 3 aromatic heterocycles. The molecule has 1 saturated heterocycles. The van der Waals surface area contributed by atoms with Crippen molar-refractivity contribution in [1.29, 1.82) is 0 Å². The van der Waals surface area contributed by atoms with E-state index in [9.17, 15) is 0 Å². The second-order valence-electron chi connectivity index (χ2n) is 6.15. The van der Waals surface area contributed by atoms with Gasteiger partial charge in [0.1, 0.15) is 11.9 Å². The van der Waals surface area contributed by atoms with Gasteiger partial charge in [-0.2, -0.15) is 0 Å². The van der Waals surface area contributed by atoms with Gasteiger partial charge in [0.15, 0.2) is 4.96 Å². The lowest BCUT2D eigenvalue weighted by molar-refractivity contribution is -0.0388. The quantitative estimate of drug-likeness (QED) is 0.739. The summed E-state index contributed by atoms with van der Waals surface area (Å²) in [5.74, 6) is 1.01. The highest BCUT2D eigenvalue weighted by Crippen LogP contribution is 2.24. The van der Waals surface area contributed by atoms with Crippen molar-refractivity contribution in [3.8, 4) is 0 Å². The summed E-state index contributed by atoms with van der Waals surface area (Å²) < 4.78 is 10.2. The number of ether oxygens (including phenoxy) is 1. The van der Waals surface area contributed by atoms with E-state index in [4.69, 9.17) is 4.74 Å². The van der Waals surface area contributed by atoms with E-state index in [1.165, 1.54) is 5.69 Å². The first-order valence-corrected chi connectivity index (χ1v) is 8.74. The largest absolute Gasteiger partial charge is 0.368 e. The Balaban J connectivity index is 1.54. The third-order valence-electron chi connectivity index (χ3n) is 4.41. The molecule has 0 bridgehead atoms. The van der Waals surface area contributed by atoms with Gasteiger partial charge in [0.25, 0.3) is 0 Å². The highest BCUT2D eigenvalue weighted by atomic mass is 32.1. The van der Waals surface area contributed by atoms with Crippen LogP contribution in [0.25, 0.3) is 4.96 Å². The Kier molecular flexibility index (Phi) is 3.71. The van der Waals surface area contributed by atoms with E-state index in [2.05, 4.69) is 42.3 Å². The minimum absolute atomic E-state index is 0.0358. The predicted molar refractivity (Wildman–Crippen MR) is 89.7 cm³/mol. The van der Waals surface area contributed by atoms with Gasteiger partial charge < -0.3 is 9.30 Å². The standard InChI is InChI=1S/C16H21N5OS/c1-11-8-19(3)15(17-11)14-10-20(4-6-22-14)9-13-12(2)18-16-21(13)5-7-23-16/h5,7-8,14H,4,6,9-10H2,1-3H3/t14-/m1/s1. The van der Waals surface area contributed by atoms with Gasteiger partial charge in [0.2, 0.25) is 0 Å². The number of morpholine rings is 1. The zero-order chi connectivity index (χ0) is 16.0. The van der Waals surface area contributed by atoms with E-state index in [0.717, 1.165) is 48.4 Å². The van der Waals surface area contributed by atoms with Crippen LogP contribution >= 0.6 is 11.3 Å². The molecule has 0 unspecified atom stereocenters. The number of hydrogen-bond donors (Lipinski definition) is 0. The van der Waals surface area contributed by atoms with Crippen molar-refractivity contribution >= 4 is 16.3 Å². The van der Waals surface area contributed by atoms with Gasteiger partial charge in [0.05, 0.1) is 23.7 Å². The van der Waals surface area contributed by atoms with E-state index >= 15 is 0 Å². The Morgan fingerprint density at radius 1 is 1.35 bits per heavy atom. The highest BCUT2D eigenvalue weighted by Gasteiger charge is 2.26. The minimum atomic E-state index is 0.0358. The van der Waals surface area contributed by atoms with Crippen LogP contribution in [0.4, 0.5) is 0 Å². The maximum Gasteiger partial charge on any atom is 0.194 e. The van der Waals surface area contributed by atoms with Gasteiger partial charge in [-0.25, -0.2) is 9.97 Å². The van der Waals surface area contributed by atoms with Crippen molar-refractivity contribution in [2.75, 3.05) is 19.7 Å². The molecule has 1 aliphatic heterocycles. The molecule has 7 heteroatoms. The van der Waals surface area contributed by atoms with Crippen LogP contribution in [0.5, 0.6) is 0 Å². The molecule has 0 amide bonds. The first-order valence-electron chi connectivity index (χ1n) is 7.86. The molecule has 0 saturated carbocycles. The molecule has 1 fully saturated rings. The lowest BCUT2D eigenvalue weighted by atomic mass is 10.2. The van der Waals surface area contributed by atoms with Crippen LogP contribution in [-0.2, 0) is 18.3 Å². The Morgan fingerprint density at radius 3 is 3.00 bits per heavy atom. The number of aromatic nitrogens is 4. The number of fused-ring (bicyclic) bond motifs is 1. The average molecular weight is 331 g/mol. The SMILES string of the molecule is Cc1cn(C)c([C@H]2CN(Cc3c(C)nc4sccn34)CCO2)n1. The van der Waals surface area contributed by atoms with Gasteiger partial charge in [-0.05, 0) is 13.8 Å². The summed E-state index contributed by atoms with van der Waals surface area (Å²) in [5.41, 5.74) is 3.43. The Morgan fingerprint density at radius 2 is 2.22 bits per heavy atom. The molecule has 0 radical (unpaired) electrons. The van der Waals surface area contributed by atoms with Crippen molar-refractivity contribution < 1.29 is 4.74 Å². The third-order valence-corrected chi connectivity index (χ3v) is 5.16. The molecular weight excluding hydrogens is 310 g/mol. The lowest BCUT2D eigenvalue weighted by Gasteiger charge is -2.32. The number of thiazole rings is 1. The van der Waals surface area contributed by atoms with Crippen molar-refractivity contribution in [2.24, 2.45) is 7.05 Å². The fourth-order valence-corrected chi connectivity index (χ4v) is 4.06. The summed E-state index contributed by atoms with van der Waals surface area (Å²) in [7, 11) is 2.04. The fourth-order valence-electron chi connectivity index (χ4n) is 3.28. The van der Waals surface area contributed by atoms with E-state index in [0.29, 0.717) is 0 Å². The number of imidazole rings is 2. The van der Waals surface area contributed by atoms with E-state index in [1.54, 1.807) is 11.3 Å². The van der Waals surface area contributed by atoms with Crippen LogP contribution in [0.1, 0.15) is 29.0 Å². The summed E-state index contributed by atoms with van der Waals surface area (Å²) >= 11 is 1.68. The number of hydrogen-bond acceptors (Lipinski definition) is 5. The summed E-state index contributed by atoms with van der Waals surface area (Å²) in [6.45, 7) is 7.55. The maximum absolute atomic E-state index is 5.96. The number of aryl methyl sites for hydroxylation is 3. The molecular formula is C16H21N5OS. The van der Waals surface area contributed by atoms with Gasteiger partial charge in [0, 0.05) is 44.5 Å². The van der Waals surface area contributed by atoms with E-state index in [-0.39, 0.29) is 6.10 Å². The zero-order valence-corrected chi connectivity index (χ0v) is 14.5. The van der Waals surface area contributed by atoms with Crippen LogP contribution in [0.3, 0.4) is 0 Å². The van der Waals surface area contributed by atoms with Gasteiger partial charge in [-0.15, -0.1) is 11.3 Å². The molecule has 6 nitrogen and oxygen atoms in total. The maximum atomic E-state index is 5.96. The summed E-state index contributed by atoms with van der Waals surface area (Å²) in [5, 5.41) is 2.09. The minimum Gasteiger partial charge on any atom is -0.368 e. The van der Waals surface area contributed by atoms with Crippen molar-refractivity contribution in [3.05, 3.63) is 40.7 Å².